The number of urea groups is 1. The minimum absolute atomic E-state index is 0.427. The van der Waals surface area contributed by atoms with Crippen LogP contribution in [0.5, 0.6) is 0 Å². The first kappa shape index (κ1) is 15.9. The van der Waals surface area contributed by atoms with E-state index in [0.717, 1.165) is 11.3 Å². The number of anilines is 2. The lowest BCUT2D eigenvalue weighted by atomic mass is 10.2. The topological polar surface area (TPSA) is 56.7 Å². The Morgan fingerprint density at radius 1 is 1.18 bits per heavy atom. The fraction of sp³-hybridized carbons (Fsp3) is 0.125. The number of hydrogen-bond donors (Lipinski definition) is 2. The third kappa shape index (κ3) is 4.79. The predicted molar refractivity (Wildman–Crippen MR) is 92.0 cm³/mol. The molecule has 2 rings (SSSR count). The largest absolute Gasteiger partial charge is 0.378 e. The van der Waals surface area contributed by atoms with Crippen molar-refractivity contribution in [3.63, 3.8) is 0 Å². The lowest BCUT2D eigenvalue weighted by Crippen LogP contribution is -2.24. The van der Waals surface area contributed by atoms with E-state index in [9.17, 15) is 4.79 Å². The zero-order valence-corrected chi connectivity index (χ0v) is 13.1. The Labute approximate surface area is 134 Å². The summed E-state index contributed by atoms with van der Waals surface area (Å²) in [5.41, 5.74) is 5.01. The van der Waals surface area contributed by atoms with Crippen molar-refractivity contribution in [2.75, 3.05) is 24.3 Å². The van der Waals surface area contributed by atoms with Crippen molar-refractivity contribution in [3.05, 3.63) is 59.1 Å². The Morgan fingerprint density at radius 2 is 1.91 bits per heavy atom. The normalized spacial score (nSPS) is 10.5. The van der Waals surface area contributed by atoms with Gasteiger partial charge < -0.3 is 10.2 Å². The maximum Gasteiger partial charge on any atom is 0.339 e. The van der Waals surface area contributed by atoms with E-state index in [1.165, 1.54) is 0 Å². The molecule has 2 aromatic rings. The van der Waals surface area contributed by atoms with Crippen molar-refractivity contribution in [2.24, 2.45) is 5.10 Å². The fourth-order valence-corrected chi connectivity index (χ4v) is 1.94. The van der Waals surface area contributed by atoms with E-state index >= 15 is 0 Å². The van der Waals surface area contributed by atoms with E-state index in [0.29, 0.717) is 10.7 Å². The summed E-state index contributed by atoms with van der Waals surface area (Å²) >= 11 is 5.84. The molecule has 0 bridgehead atoms. The molecule has 0 saturated heterocycles. The molecule has 0 saturated carbocycles. The van der Waals surface area contributed by atoms with E-state index in [1.54, 1.807) is 30.5 Å². The minimum atomic E-state index is -0.427. The van der Waals surface area contributed by atoms with Crippen molar-refractivity contribution < 1.29 is 4.79 Å². The molecule has 0 aliphatic rings. The highest BCUT2D eigenvalue weighted by Crippen LogP contribution is 2.14. The summed E-state index contributed by atoms with van der Waals surface area (Å²) in [4.78, 5) is 13.7. The maximum atomic E-state index is 11.7. The molecule has 0 heterocycles. The molecule has 0 spiro atoms. The van der Waals surface area contributed by atoms with Gasteiger partial charge in [-0.1, -0.05) is 29.8 Å². The third-order valence-electron chi connectivity index (χ3n) is 2.87. The lowest BCUT2D eigenvalue weighted by Gasteiger charge is -2.11. The molecule has 0 unspecified atom stereocenters. The van der Waals surface area contributed by atoms with E-state index in [2.05, 4.69) is 15.8 Å². The van der Waals surface area contributed by atoms with Crippen LogP contribution in [0.15, 0.2) is 53.6 Å². The van der Waals surface area contributed by atoms with Gasteiger partial charge in [0.25, 0.3) is 0 Å². The number of benzene rings is 2. The number of halogens is 1. The molecule has 2 N–H and O–H groups in total. The van der Waals surface area contributed by atoms with Gasteiger partial charge in [-0.3, -0.25) is 0 Å². The van der Waals surface area contributed by atoms with Gasteiger partial charge in [-0.05, 0) is 35.9 Å². The Bertz CT molecular complexity index is 668. The number of hydrogen-bond acceptors (Lipinski definition) is 3. The van der Waals surface area contributed by atoms with Crippen LogP contribution in [0.4, 0.5) is 16.2 Å². The maximum absolute atomic E-state index is 11.7. The SMILES string of the molecule is CN(C)c1ccc(/C=N\NC(=O)Nc2cccc(Cl)c2)cc1. The summed E-state index contributed by atoms with van der Waals surface area (Å²) < 4.78 is 0. The Kier molecular flexibility index (Phi) is 5.38. The third-order valence-corrected chi connectivity index (χ3v) is 3.11. The van der Waals surface area contributed by atoms with E-state index in [1.807, 2.05) is 43.3 Å². The molecule has 0 aliphatic carbocycles. The first-order valence-corrected chi connectivity index (χ1v) is 7.05. The van der Waals surface area contributed by atoms with Crippen LogP contribution in [0.3, 0.4) is 0 Å². The molecule has 0 atom stereocenters. The van der Waals surface area contributed by atoms with Crippen LogP contribution >= 0.6 is 11.6 Å². The first-order valence-electron chi connectivity index (χ1n) is 6.67. The number of carbonyl (C=O) groups excluding carboxylic acids is 1. The number of nitrogens with zero attached hydrogens (tertiary/aromatic N) is 2. The van der Waals surface area contributed by atoms with Gasteiger partial charge in [0.2, 0.25) is 0 Å². The van der Waals surface area contributed by atoms with Crippen molar-refractivity contribution in [1.82, 2.24) is 5.43 Å². The molecule has 0 radical (unpaired) electrons. The van der Waals surface area contributed by atoms with Crippen LogP contribution < -0.4 is 15.6 Å². The standard InChI is InChI=1S/C16H17ClN4O/c1-21(2)15-8-6-12(7-9-15)11-18-20-16(22)19-14-5-3-4-13(17)10-14/h3-11H,1-2H3,(H2,19,20,22)/b18-11-. The first-order chi connectivity index (χ1) is 10.5. The molecule has 5 nitrogen and oxygen atoms in total. The molecule has 0 aromatic heterocycles. The Morgan fingerprint density at radius 3 is 2.55 bits per heavy atom. The van der Waals surface area contributed by atoms with Crippen LogP contribution in [0.2, 0.25) is 5.02 Å². The summed E-state index contributed by atoms with van der Waals surface area (Å²) in [7, 11) is 3.95. The van der Waals surface area contributed by atoms with Gasteiger partial charge in [0.05, 0.1) is 6.21 Å². The number of amides is 2. The highest BCUT2D eigenvalue weighted by atomic mass is 35.5. The predicted octanol–water partition coefficient (Wildman–Crippen LogP) is 3.56. The molecule has 0 aliphatic heterocycles. The van der Waals surface area contributed by atoms with Gasteiger partial charge in [0.15, 0.2) is 0 Å². The van der Waals surface area contributed by atoms with Crippen molar-refractivity contribution in [1.29, 1.82) is 0 Å². The quantitative estimate of drug-likeness (QED) is 0.669. The average molecular weight is 317 g/mol. The van der Waals surface area contributed by atoms with Crippen LogP contribution in [0.1, 0.15) is 5.56 Å². The summed E-state index contributed by atoms with van der Waals surface area (Å²) in [6, 6.07) is 14.3. The number of nitrogens with one attached hydrogen (secondary N) is 2. The zero-order valence-electron chi connectivity index (χ0n) is 12.4. The van der Waals surface area contributed by atoms with E-state index < -0.39 is 6.03 Å². The fourth-order valence-electron chi connectivity index (χ4n) is 1.75. The molecule has 22 heavy (non-hydrogen) atoms. The molecule has 0 fully saturated rings. The average Bonchev–Trinajstić information content (AvgIpc) is 2.47. The smallest absolute Gasteiger partial charge is 0.339 e. The van der Waals surface area contributed by atoms with E-state index in [4.69, 9.17) is 11.6 Å². The highest BCUT2D eigenvalue weighted by molar-refractivity contribution is 6.30. The minimum Gasteiger partial charge on any atom is -0.378 e. The van der Waals surface area contributed by atoms with Gasteiger partial charge in [-0.25, -0.2) is 10.2 Å². The number of rotatable bonds is 4. The molecule has 6 heteroatoms. The van der Waals surface area contributed by atoms with E-state index in [-0.39, 0.29) is 0 Å². The second kappa shape index (κ2) is 7.47. The summed E-state index contributed by atoms with van der Waals surface area (Å²) in [6.45, 7) is 0. The zero-order chi connectivity index (χ0) is 15.9. The molecular weight excluding hydrogens is 300 g/mol. The van der Waals surface area contributed by atoms with Crippen LogP contribution in [-0.4, -0.2) is 26.3 Å². The van der Waals surface area contributed by atoms with Crippen molar-refractivity contribution in [3.8, 4) is 0 Å². The van der Waals surface area contributed by atoms with Gasteiger partial charge >= 0.3 is 6.03 Å². The Balaban J connectivity index is 1.87. The van der Waals surface area contributed by atoms with Gasteiger partial charge in [-0.15, -0.1) is 0 Å². The van der Waals surface area contributed by atoms with Crippen LogP contribution in [0.25, 0.3) is 0 Å². The van der Waals surface area contributed by atoms with Gasteiger partial charge in [-0.2, -0.15) is 5.10 Å². The van der Waals surface area contributed by atoms with Crippen molar-refractivity contribution in [2.45, 2.75) is 0 Å². The summed E-state index contributed by atoms with van der Waals surface area (Å²) in [6.07, 6.45) is 1.58. The molecule has 2 amide bonds. The molecule has 2 aromatic carbocycles. The Hall–Kier alpha value is -2.53. The summed E-state index contributed by atoms with van der Waals surface area (Å²) in [5, 5.41) is 7.10. The highest BCUT2D eigenvalue weighted by Gasteiger charge is 2.00. The second-order valence-electron chi connectivity index (χ2n) is 4.82. The van der Waals surface area contributed by atoms with Crippen LogP contribution in [0, 0.1) is 0 Å². The monoisotopic (exact) mass is 316 g/mol. The molecular formula is C16H17ClN4O. The number of hydrazone groups is 1. The number of carbonyl (C=O) groups is 1. The molecule has 114 valence electrons. The van der Waals surface area contributed by atoms with Crippen molar-refractivity contribution >= 4 is 35.2 Å². The van der Waals surface area contributed by atoms with Crippen LogP contribution in [-0.2, 0) is 0 Å². The van der Waals surface area contributed by atoms with Gasteiger partial charge in [0, 0.05) is 30.5 Å². The second-order valence-corrected chi connectivity index (χ2v) is 5.26. The lowest BCUT2D eigenvalue weighted by molar-refractivity contribution is 0.252. The van der Waals surface area contributed by atoms with Gasteiger partial charge in [0.1, 0.15) is 0 Å². The summed E-state index contributed by atoms with van der Waals surface area (Å²) in [5.74, 6) is 0.